The van der Waals surface area contributed by atoms with Gasteiger partial charge in [-0.05, 0) is 48.5 Å². The van der Waals surface area contributed by atoms with E-state index in [4.69, 9.17) is 11.6 Å². The van der Waals surface area contributed by atoms with Crippen LogP contribution in [0.15, 0.2) is 61.2 Å². The fourth-order valence-corrected chi connectivity index (χ4v) is 3.05. The van der Waals surface area contributed by atoms with E-state index < -0.39 is 29.7 Å². The van der Waals surface area contributed by atoms with Gasteiger partial charge in [0.1, 0.15) is 11.9 Å². The van der Waals surface area contributed by atoms with Crippen LogP contribution in [0.5, 0.6) is 0 Å². The Hall–Kier alpha value is -3.19. The third kappa shape index (κ3) is 4.04. The number of nitrogens with zero attached hydrogens (tertiary/aromatic N) is 2. The summed E-state index contributed by atoms with van der Waals surface area (Å²) in [5.41, 5.74) is 0.767. The number of carbonyl (C=O) groups is 3. The molecule has 6 nitrogen and oxygen atoms in total. The standard InChI is InChI=1S/C20H17ClFN3O3/c1-2-11-24-17(12-18(26)23-15-7-3-13(21)4-8-15)19(27)25(20(24)28)16-9-5-14(22)6-10-16/h2-10,17H,1,11-12H2,(H,23,26)/t17-/m0/s1. The van der Waals surface area contributed by atoms with Gasteiger partial charge in [-0.1, -0.05) is 17.7 Å². The first-order valence-corrected chi connectivity index (χ1v) is 8.85. The molecule has 0 aromatic heterocycles. The average Bonchev–Trinajstić information content (AvgIpc) is 2.89. The number of imide groups is 1. The first-order valence-electron chi connectivity index (χ1n) is 8.47. The van der Waals surface area contributed by atoms with Crippen molar-refractivity contribution in [2.24, 2.45) is 0 Å². The second kappa shape index (κ2) is 8.22. The van der Waals surface area contributed by atoms with Crippen LogP contribution in [0.2, 0.25) is 5.02 Å². The molecule has 1 saturated heterocycles. The summed E-state index contributed by atoms with van der Waals surface area (Å²) >= 11 is 5.82. The van der Waals surface area contributed by atoms with Gasteiger partial charge in [-0.2, -0.15) is 0 Å². The zero-order valence-corrected chi connectivity index (χ0v) is 15.5. The lowest BCUT2D eigenvalue weighted by Gasteiger charge is -2.19. The summed E-state index contributed by atoms with van der Waals surface area (Å²) < 4.78 is 13.2. The van der Waals surface area contributed by atoms with Crippen molar-refractivity contribution in [3.8, 4) is 0 Å². The minimum Gasteiger partial charge on any atom is -0.326 e. The fraction of sp³-hybridized carbons (Fsp3) is 0.150. The minimum absolute atomic E-state index is 0.0984. The molecule has 0 spiro atoms. The highest BCUT2D eigenvalue weighted by atomic mass is 35.5. The Morgan fingerprint density at radius 3 is 2.39 bits per heavy atom. The number of rotatable bonds is 6. The maximum absolute atomic E-state index is 13.2. The fourth-order valence-electron chi connectivity index (χ4n) is 2.93. The lowest BCUT2D eigenvalue weighted by Crippen LogP contribution is -2.38. The van der Waals surface area contributed by atoms with Gasteiger partial charge in [-0.25, -0.2) is 14.1 Å². The number of amides is 4. The molecule has 144 valence electrons. The van der Waals surface area contributed by atoms with Gasteiger partial charge in [0.05, 0.1) is 12.1 Å². The van der Waals surface area contributed by atoms with E-state index in [2.05, 4.69) is 11.9 Å². The van der Waals surface area contributed by atoms with E-state index in [9.17, 15) is 18.8 Å². The molecule has 2 aromatic rings. The Kier molecular flexibility index (Phi) is 5.75. The Labute approximate surface area is 166 Å². The van der Waals surface area contributed by atoms with E-state index in [0.717, 1.165) is 17.0 Å². The Morgan fingerprint density at radius 1 is 1.14 bits per heavy atom. The van der Waals surface area contributed by atoms with Crippen LogP contribution >= 0.6 is 11.6 Å². The molecule has 8 heteroatoms. The number of anilines is 2. The van der Waals surface area contributed by atoms with Crippen LogP contribution < -0.4 is 10.2 Å². The van der Waals surface area contributed by atoms with Gasteiger partial charge < -0.3 is 10.2 Å². The molecular formula is C20H17ClFN3O3. The Morgan fingerprint density at radius 2 is 1.79 bits per heavy atom. The monoisotopic (exact) mass is 401 g/mol. The number of nitrogens with one attached hydrogen (secondary N) is 1. The number of halogens is 2. The number of urea groups is 1. The van der Waals surface area contributed by atoms with E-state index in [0.29, 0.717) is 10.7 Å². The summed E-state index contributed by atoms with van der Waals surface area (Å²) in [5.74, 6) is -1.46. The van der Waals surface area contributed by atoms with Crippen molar-refractivity contribution < 1.29 is 18.8 Å². The van der Waals surface area contributed by atoms with Gasteiger partial charge in [0, 0.05) is 17.3 Å². The highest BCUT2D eigenvalue weighted by Gasteiger charge is 2.46. The quantitative estimate of drug-likeness (QED) is 0.590. The largest absolute Gasteiger partial charge is 0.332 e. The lowest BCUT2D eigenvalue weighted by molar-refractivity contribution is -0.124. The van der Waals surface area contributed by atoms with Crippen LogP contribution in [-0.4, -0.2) is 35.3 Å². The maximum Gasteiger partial charge on any atom is 0.332 e. The Balaban J connectivity index is 1.79. The summed E-state index contributed by atoms with van der Waals surface area (Å²) in [7, 11) is 0. The third-order valence-corrected chi connectivity index (χ3v) is 4.49. The second-order valence-corrected chi connectivity index (χ2v) is 6.59. The molecule has 1 heterocycles. The predicted molar refractivity (Wildman–Crippen MR) is 105 cm³/mol. The van der Waals surface area contributed by atoms with E-state index in [-0.39, 0.29) is 18.7 Å². The average molecular weight is 402 g/mol. The van der Waals surface area contributed by atoms with E-state index in [1.54, 1.807) is 24.3 Å². The first-order chi connectivity index (χ1) is 13.4. The summed E-state index contributed by atoms with van der Waals surface area (Å²) in [5, 5.41) is 3.20. The Bertz CT molecular complexity index is 915. The molecule has 1 aliphatic rings. The summed E-state index contributed by atoms with van der Waals surface area (Å²) in [6.07, 6.45) is 1.25. The topological polar surface area (TPSA) is 69.7 Å². The van der Waals surface area contributed by atoms with E-state index >= 15 is 0 Å². The van der Waals surface area contributed by atoms with E-state index in [1.807, 2.05) is 0 Å². The molecule has 0 unspecified atom stereocenters. The van der Waals surface area contributed by atoms with Crippen LogP contribution in [0.4, 0.5) is 20.6 Å². The first kappa shape index (κ1) is 19.6. The second-order valence-electron chi connectivity index (χ2n) is 6.15. The molecule has 0 aliphatic carbocycles. The van der Waals surface area contributed by atoms with Gasteiger partial charge in [-0.3, -0.25) is 9.59 Å². The predicted octanol–water partition coefficient (Wildman–Crippen LogP) is 3.83. The van der Waals surface area contributed by atoms with Gasteiger partial charge in [0.25, 0.3) is 5.91 Å². The molecule has 1 atom stereocenters. The van der Waals surface area contributed by atoms with Crippen molar-refractivity contribution in [3.05, 3.63) is 72.0 Å². The highest BCUT2D eigenvalue weighted by molar-refractivity contribution is 6.30. The zero-order chi connectivity index (χ0) is 20.3. The van der Waals surface area contributed by atoms with E-state index in [1.165, 1.54) is 23.1 Å². The number of hydrogen-bond donors (Lipinski definition) is 1. The molecule has 0 saturated carbocycles. The van der Waals surface area contributed by atoms with Gasteiger partial charge >= 0.3 is 6.03 Å². The van der Waals surface area contributed by atoms with Crippen molar-refractivity contribution in [2.75, 3.05) is 16.8 Å². The van der Waals surface area contributed by atoms with Crippen LogP contribution in [-0.2, 0) is 9.59 Å². The van der Waals surface area contributed by atoms with Crippen molar-refractivity contribution in [3.63, 3.8) is 0 Å². The molecule has 0 bridgehead atoms. The molecule has 1 N–H and O–H groups in total. The summed E-state index contributed by atoms with van der Waals surface area (Å²) in [6, 6.07) is 9.96. The maximum atomic E-state index is 13.2. The smallest absolute Gasteiger partial charge is 0.326 e. The molecule has 1 aliphatic heterocycles. The number of benzene rings is 2. The van der Waals surface area contributed by atoms with Crippen LogP contribution in [0.3, 0.4) is 0 Å². The van der Waals surface area contributed by atoms with Crippen LogP contribution in [0.1, 0.15) is 6.42 Å². The van der Waals surface area contributed by atoms with Crippen molar-refractivity contribution in [1.82, 2.24) is 4.90 Å². The minimum atomic E-state index is -0.983. The summed E-state index contributed by atoms with van der Waals surface area (Å²) in [4.78, 5) is 40.2. The van der Waals surface area contributed by atoms with Gasteiger partial charge in [-0.15, -0.1) is 6.58 Å². The molecule has 0 radical (unpaired) electrons. The number of hydrogen-bond acceptors (Lipinski definition) is 3. The van der Waals surface area contributed by atoms with Crippen LogP contribution in [0, 0.1) is 5.82 Å². The third-order valence-electron chi connectivity index (χ3n) is 4.24. The van der Waals surface area contributed by atoms with Gasteiger partial charge in [0.2, 0.25) is 5.91 Å². The highest BCUT2D eigenvalue weighted by Crippen LogP contribution is 2.27. The molecule has 2 aromatic carbocycles. The molecule has 1 fully saturated rings. The number of carbonyl (C=O) groups excluding carboxylic acids is 3. The van der Waals surface area contributed by atoms with Gasteiger partial charge in [0.15, 0.2) is 0 Å². The SMILES string of the molecule is C=CCN1C(=O)N(c2ccc(F)cc2)C(=O)[C@@H]1CC(=O)Nc1ccc(Cl)cc1. The lowest BCUT2D eigenvalue weighted by atomic mass is 10.1. The summed E-state index contributed by atoms with van der Waals surface area (Å²) in [6.45, 7) is 3.69. The van der Waals surface area contributed by atoms with Crippen molar-refractivity contribution >= 4 is 40.8 Å². The van der Waals surface area contributed by atoms with Crippen molar-refractivity contribution in [2.45, 2.75) is 12.5 Å². The van der Waals surface area contributed by atoms with Crippen molar-refractivity contribution in [1.29, 1.82) is 0 Å². The zero-order valence-electron chi connectivity index (χ0n) is 14.8. The molecule has 3 rings (SSSR count). The van der Waals surface area contributed by atoms with Crippen LogP contribution in [0.25, 0.3) is 0 Å². The molecule has 4 amide bonds. The normalized spacial score (nSPS) is 16.4. The molecule has 28 heavy (non-hydrogen) atoms. The molecular weight excluding hydrogens is 385 g/mol.